The number of aliphatic hydroxyl groups excluding tert-OH is 1. The minimum Gasteiger partial charge on any atom is -0.460 e. The number of esters is 2. The van der Waals surface area contributed by atoms with Crippen molar-refractivity contribution in [2.75, 3.05) is 0 Å². The van der Waals surface area contributed by atoms with Crippen molar-refractivity contribution in [1.82, 2.24) is 0 Å². The van der Waals surface area contributed by atoms with Crippen LogP contribution in [0.15, 0.2) is 11.6 Å². The van der Waals surface area contributed by atoms with Gasteiger partial charge in [0.15, 0.2) is 0 Å². The molecule has 1 N–H and O–H groups in total. The van der Waals surface area contributed by atoms with Gasteiger partial charge in [0.05, 0.1) is 5.92 Å². The van der Waals surface area contributed by atoms with Gasteiger partial charge < -0.3 is 14.6 Å². The van der Waals surface area contributed by atoms with Crippen LogP contribution >= 0.6 is 0 Å². The number of cyclic esters (lactones) is 2. The molecule has 0 bridgehead atoms. The van der Waals surface area contributed by atoms with Crippen molar-refractivity contribution >= 4 is 11.9 Å². The lowest BCUT2D eigenvalue weighted by molar-refractivity contribution is -0.144. The summed E-state index contributed by atoms with van der Waals surface area (Å²) in [5.41, 5.74) is 0.857. The van der Waals surface area contributed by atoms with Crippen molar-refractivity contribution in [2.45, 2.75) is 109 Å². The lowest BCUT2D eigenvalue weighted by Crippen LogP contribution is -2.24. The first kappa shape index (κ1) is 21.9. The molecule has 0 aromatic rings. The SMILES string of the molecule is C[C@@H]1OC(=O)C(CCCCCCCCCCCCC2=C[C@H](C)OC2=O)[C@@H]1O. The zero-order valence-electron chi connectivity index (χ0n) is 17.0. The van der Waals surface area contributed by atoms with Crippen LogP contribution in [-0.4, -0.2) is 35.4 Å². The monoisotopic (exact) mass is 380 g/mol. The van der Waals surface area contributed by atoms with Gasteiger partial charge in [-0.15, -0.1) is 0 Å². The van der Waals surface area contributed by atoms with E-state index < -0.39 is 6.10 Å². The van der Waals surface area contributed by atoms with Crippen LogP contribution in [0, 0.1) is 5.92 Å². The van der Waals surface area contributed by atoms with Gasteiger partial charge in [-0.3, -0.25) is 4.79 Å². The highest BCUT2D eigenvalue weighted by atomic mass is 16.6. The first-order chi connectivity index (χ1) is 13.0. The predicted octanol–water partition coefficient (Wildman–Crippen LogP) is 4.46. The molecule has 2 heterocycles. The third kappa shape index (κ3) is 7.28. The Labute approximate surface area is 163 Å². The number of hydrogen-bond acceptors (Lipinski definition) is 5. The maximum Gasteiger partial charge on any atom is 0.334 e. The lowest BCUT2D eigenvalue weighted by Gasteiger charge is -2.11. The molecule has 1 unspecified atom stereocenters. The van der Waals surface area contributed by atoms with Gasteiger partial charge in [-0.05, 0) is 39.2 Å². The molecule has 1 saturated heterocycles. The summed E-state index contributed by atoms with van der Waals surface area (Å²) in [7, 11) is 0. The Morgan fingerprint density at radius 2 is 1.41 bits per heavy atom. The van der Waals surface area contributed by atoms with Crippen LogP contribution in [0.4, 0.5) is 0 Å². The van der Waals surface area contributed by atoms with E-state index >= 15 is 0 Å². The van der Waals surface area contributed by atoms with Crippen molar-refractivity contribution in [1.29, 1.82) is 0 Å². The van der Waals surface area contributed by atoms with Crippen molar-refractivity contribution < 1.29 is 24.2 Å². The number of hydrogen-bond donors (Lipinski definition) is 1. The summed E-state index contributed by atoms with van der Waals surface area (Å²) in [6, 6.07) is 0. The Morgan fingerprint density at radius 3 is 1.89 bits per heavy atom. The van der Waals surface area contributed by atoms with Crippen LogP contribution in [0.25, 0.3) is 0 Å². The number of ether oxygens (including phenoxy) is 2. The molecule has 0 spiro atoms. The predicted molar refractivity (Wildman–Crippen MR) is 104 cm³/mol. The third-order valence-corrected chi connectivity index (χ3v) is 5.70. The normalized spacial score (nSPS) is 27.6. The van der Waals surface area contributed by atoms with E-state index in [-0.39, 0.29) is 30.1 Å². The van der Waals surface area contributed by atoms with Crippen molar-refractivity contribution in [2.24, 2.45) is 5.92 Å². The smallest absolute Gasteiger partial charge is 0.334 e. The lowest BCUT2D eigenvalue weighted by atomic mass is 9.95. The fourth-order valence-corrected chi connectivity index (χ4v) is 4.00. The number of unbranched alkanes of at least 4 members (excludes halogenated alkanes) is 9. The Hall–Kier alpha value is -1.36. The summed E-state index contributed by atoms with van der Waals surface area (Å²) in [6.07, 6.45) is 14.3. The van der Waals surface area contributed by atoms with E-state index in [9.17, 15) is 14.7 Å². The third-order valence-electron chi connectivity index (χ3n) is 5.70. The summed E-state index contributed by atoms with van der Waals surface area (Å²) in [5, 5.41) is 9.90. The van der Waals surface area contributed by atoms with Gasteiger partial charge in [-0.1, -0.05) is 57.8 Å². The van der Waals surface area contributed by atoms with Crippen LogP contribution < -0.4 is 0 Å². The molecule has 5 nitrogen and oxygen atoms in total. The maximum absolute atomic E-state index is 11.6. The van der Waals surface area contributed by atoms with Crippen LogP contribution in [0.3, 0.4) is 0 Å². The fourth-order valence-electron chi connectivity index (χ4n) is 4.00. The standard InChI is InChI=1S/C22H36O5/c1-16-15-18(21(24)26-16)13-11-9-7-5-3-4-6-8-10-12-14-19-20(23)17(2)27-22(19)25/h15-17,19-20,23H,3-14H2,1-2H3/t16-,17-,19?,20+/m0/s1. The first-order valence-corrected chi connectivity index (χ1v) is 10.8. The Bertz CT molecular complexity index is 513. The van der Waals surface area contributed by atoms with E-state index in [2.05, 4.69) is 0 Å². The van der Waals surface area contributed by atoms with Crippen LogP contribution in [-0.2, 0) is 19.1 Å². The Kier molecular flexibility index (Phi) is 9.32. The van der Waals surface area contributed by atoms with Crippen LogP contribution in [0.1, 0.15) is 90.9 Å². The van der Waals surface area contributed by atoms with E-state index in [4.69, 9.17) is 9.47 Å². The summed E-state index contributed by atoms with van der Waals surface area (Å²) in [5.74, 6) is -0.674. The van der Waals surface area contributed by atoms with E-state index in [0.29, 0.717) is 0 Å². The Morgan fingerprint density at radius 1 is 0.852 bits per heavy atom. The van der Waals surface area contributed by atoms with E-state index in [1.165, 1.54) is 44.9 Å². The average Bonchev–Trinajstić information content (AvgIpc) is 3.07. The number of carbonyl (C=O) groups excluding carboxylic acids is 2. The highest BCUT2D eigenvalue weighted by molar-refractivity contribution is 5.90. The molecular weight excluding hydrogens is 344 g/mol. The van der Waals surface area contributed by atoms with Crippen molar-refractivity contribution in [3.8, 4) is 0 Å². The molecule has 154 valence electrons. The molecule has 0 aliphatic carbocycles. The van der Waals surface area contributed by atoms with E-state index in [0.717, 1.165) is 37.7 Å². The molecule has 0 aromatic heterocycles. The summed E-state index contributed by atoms with van der Waals surface area (Å²) in [6.45, 7) is 3.65. The largest absolute Gasteiger partial charge is 0.460 e. The quantitative estimate of drug-likeness (QED) is 0.377. The molecular formula is C22H36O5. The molecule has 2 rings (SSSR count). The Balaban J connectivity index is 1.35. The van der Waals surface area contributed by atoms with Gasteiger partial charge in [0.2, 0.25) is 0 Å². The second-order valence-electron chi connectivity index (χ2n) is 8.12. The molecule has 5 heteroatoms. The van der Waals surface area contributed by atoms with Gasteiger partial charge >= 0.3 is 11.9 Å². The minimum atomic E-state index is -0.628. The topological polar surface area (TPSA) is 72.8 Å². The number of rotatable bonds is 13. The fraction of sp³-hybridized carbons (Fsp3) is 0.818. The maximum atomic E-state index is 11.6. The minimum absolute atomic E-state index is 0.0480. The molecule has 4 atom stereocenters. The van der Waals surface area contributed by atoms with Gasteiger partial charge in [0.25, 0.3) is 0 Å². The molecule has 0 aromatic carbocycles. The highest BCUT2D eigenvalue weighted by Crippen LogP contribution is 2.26. The van der Waals surface area contributed by atoms with E-state index in [1.807, 2.05) is 13.0 Å². The molecule has 0 saturated carbocycles. The molecule has 0 amide bonds. The van der Waals surface area contributed by atoms with Crippen LogP contribution in [0.2, 0.25) is 0 Å². The molecule has 1 fully saturated rings. The first-order valence-electron chi connectivity index (χ1n) is 10.8. The zero-order valence-corrected chi connectivity index (χ0v) is 17.0. The van der Waals surface area contributed by atoms with Crippen LogP contribution in [0.5, 0.6) is 0 Å². The zero-order chi connectivity index (χ0) is 19.6. The number of carbonyl (C=O) groups is 2. The van der Waals surface area contributed by atoms with Crippen molar-refractivity contribution in [3.63, 3.8) is 0 Å². The van der Waals surface area contributed by atoms with Gasteiger partial charge in [0.1, 0.15) is 18.3 Å². The molecule has 2 aliphatic rings. The highest BCUT2D eigenvalue weighted by Gasteiger charge is 2.40. The van der Waals surface area contributed by atoms with Crippen molar-refractivity contribution in [3.05, 3.63) is 11.6 Å². The molecule has 0 radical (unpaired) electrons. The van der Waals surface area contributed by atoms with Gasteiger partial charge in [-0.2, -0.15) is 0 Å². The molecule has 27 heavy (non-hydrogen) atoms. The molecule has 2 aliphatic heterocycles. The number of aliphatic hydroxyl groups is 1. The second-order valence-corrected chi connectivity index (χ2v) is 8.12. The second kappa shape index (κ2) is 11.5. The average molecular weight is 381 g/mol. The summed E-state index contributed by atoms with van der Waals surface area (Å²) < 4.78 is 10.2. The van der Waals surface area contributed by atoms with Gasteiger partial charge in [0, 0.05) is 5.57 Å². The van der Waals surface area contributed by atoms with Gasteiger partial charge in [-0.25, -0.2) is 4.79 Å². The summed E-state index contributed by atoms with van der Waals surface area (Å²) in [4.78, 5) is 23.1. The summed E-state index contributed by atoms with van der Waals surface area (Å²) >= 11 is 0. The van der Waals surface area contributed by atoms with E-state index in [1.54, 1.807) is 6.92 Å².